The van der Waals surface area contributed by atoms with E-state index in [1.54, 1.807) is 25.3 Å². The molecule has 21 heavy (non-hydrogen) atoms. The molecule has 5 nitrogen and oxygen atoms in total. The first kappa shape index (κ1) is 15.6. The standard InChI is InChI=1S/C15H20FN3O2/c1-3-17-12(10-20-2)9-15-18-14(19-21-15)8-11-6-4-5-7-13(11)16/h4-7,12,17H,3,8-10H2,1-2H3. The van der Waals surface area contributed by atoms with Gasteiger partial charge in [-0.1, -0.05) is 30.3 Å². The molecule has 0 saturated heterocycles. The van der Waals surface area contributed by atoms with Crippen LogP contribution in [0.5, 0.6) is 0 Å². The maximum absolute atomic E-state index is 13.6. The fourth-order valence-corrected chi connectivity index (χ4v) is 2.15. The lowest BCUT2D eigenvalue weighted by atomic mass is 10.1. The predicted octanol–water partition coefficient (Wildman–Crippen LogP) is 1.97. The minimum absolute atomic E-state index is 0.127. The summed E-state index contributed by atoms with van der Waals surface area (Å²) in [5.41, 5.74) is 0.560. The highest BCUT2D eigenvalue weighted by Crippen LogP contribution is 2.11. The van der Waals surface area contributed by atoms with Gasteiger partial charge >= 0.3 is 0 Å². The number of rotatable bonds is 8. The first-order valence-electron chi connectivity index (χ1n) is 7.00. The zero-order chi connectivity index (χ0) is 15.1. The molecule has 0 spiro atoms. The maximum Gasteiger partial charge on any atom is 0.228 e. The summed E-state index contributed by atoms with van der Waals surface area (Å²) in [7, 11) is 1.65. The van der Waals surface area contributed by atoms with Crippen molar-refractivity contribution in [1.29, 1.82) is 0 Å². The summed E-state index contributed by atoms with van der Waals surface area (Å²) in [5, 5.41) is 7.19. The summed E-state index contributed by atoms with van der Waals surface area (Å²) >= 11 is 0. The van der Waals surface area contributed by atoms with Crippen LogP contribution in [0.15, 0.2) is 28.8 Å². The molecule has 6 heteroatoms. The Morgan fingerprint density at radius 2 is 2.19 bits per heavy atom. The molecule has 1 N–H and O–H groups in total. The number of hydrogen-bond acceptors (Lipinski definition) is 5. The van der Waals surface area contributed by atoms with Crippen LogP contribution in [0.2, 0.25) is 0 Å². The van der Waals surface area contributed by atoms with Crippen molar-refractivity contribution in [2.45, 2.75) is 25.8 Å². The monoisotopic (exact) mass is 293 g/mol. The first-order chi connectivity index (χ1) is 10.2. The molecule has 2 aromatic rings. The number of benzene rings is 1. The van der Waals surface area contributed by atoms with Gasteiger partial charge in [-0.05, 0) is 18.2 Å². The largest absolute Gasteiger partial charge is 0.383 e. The molecule has 0 aliphatic heterocycles. The number of methoxy groups -OCH3 is 1. The van der Waals surface area contributed by atoms with Gasteiger partial charge in [0.05, 0.1) is 6.61 Å². The van der Waals surface area contributed by atoms with Crippen LogP contribution in [0.3, 0.4) is 0 Å². The van der Waals surface area contributed by atoms with Gasteiger partial charge in [0.1, 0.15) is 5.82 Å². The number of nitrogens with zero attached hydrogens (tertiary/aromatic N) is 2. The zero-order valence-corrected chi connectivity index (χ0v) is 12.3. The van der Waals surface area contributed by atoms with Crippen molar-refractivity contribution in [2.75, 3.05) is 20.3 Å². The Labute approximate surface area is 123 Å². The quantitative estimate of drug-likeness (QED) is 0.806. The van der Waals surface area contributed by atoms with Crippen LogP contribution >= 0.6 is 0 Å². The fourth-order valence-electron chi connectivity index (χ4n) is 2.15. The van der Waals surface area contributed by atoms with Crippen molar-refractivity contribution in [2.24, 2.45) is 0 Å². The van der Waals surface area contributed by atoms with E-state index >= 15 is 0 Å². The highest BCUT2D eigenvalue weighted by molar-refractivity contribution is 5.20. The van der Waals surface area contributed by atoms with Crippen molar-refractivity contribution in [1.82, 2.24) is 15.5 Å². The van der Waals surface area contributed by atoms with Crippen molar-refractivity contribution in [3.8, 4) is 0 Å². The molecule has 0 amide bonds. The highest BCUT2D eigenvalue weighted by atomic mass is 19.1. The third-order valence-electron chi connectivity index (χ3n) is 3.10. The minimum Gasteiger partial charge on any atom is -0.383 e. The van der Waals surface area contributed by atoms with Gasteiger partial charge < -0.3 is 14.6 Å². The minimum atomic E-state index is -0.256. The van der Waals surface area contributed by atoms with E-state index in [9.17, 15) is 4.39 Å². The molecule has 0 bridgehead atoms. The van der Waals surface area contributed by atoms with Crippen molar-refractivity contribution < 1.29 is 13.7 Å². The summed E-state index contributed by atoms with van der Waals surface area (Å²) in [4.78, 5) is 4.31. The molecule has 1 aromatic carbocycles. The Kier molecular flexibility index (Phi) is 5.83. The molecule has 0 aliphatic rings. The lowest BCUT2D eigenvalue weighted by molar-refractivity contribution is 0.162. The second-order valence-electron chi connectivity index (χ2n) is 4.79. The van der Waals surface area contributed by atoms with E-state index in [0.717, 1.165) is 6.54 Å². The molecule has 0 aliphatic carbocycles. The number of aromatic nitrogens is 2. The normalized spacial score (nSPS) is 12.5. The van der Waals surface area contributed by atoms with Crippen LogP contribution < -0.4 is 5.32 Å². The van der Waals surface area contributed by atoms with Gasteiger partial charge in [0.2, 0.25) is 5.89 Å². The second kappa shape index (κ2) is 7.85. The Bertz CT molecular complexity index is 553. The summed E-state index contributed by atoms with van der Waals surface area (Å²) in [6.07, 6.45) is 0.915. The zero-order valence-electron chi connectivity index (χ0n) is 12.3. The number of nitrogens with one attached hydrogen (secondary N) is 1. The average molecular weight is 293 g/mol. The van der Waals surface area contributed by atoms with Crippen LogP contribution in [0.25, 0.3) is 0 Å². The third-order valence-corrected chi connectivity index (χ3v) is 3.10. The molecular formula is C15H20FN3O2. The van der Waals surface area contributed by atoms with Crippen LogP contribution in [-0.2, 0) is 17.6 Å². The SMILES string of the molecule is CCNC(COC)Cc1nc(Cc2ccccc2F)no1. The molecule has 1 unspecified atom stereocenters. The Morgan fingerprint density at radius 3 is 2.90 bits per heavy atom. The van der Waals surface area contributed by atoms with Gasteiger partial charge in [-0.25, -0.2) is 4.39 Å². The van der Waals surface area contributed by atoms with E-state index in [4.69, 9.17) is 9.26 Å². The van der Waals surface area contributed by atoms with E-state index in [1.165, 1.54) is 6.07 Å². The summed E-state index contributed by atoms with van der Waals surface area (Å²) in [6.45, 7) is 3.43. The van der Waals surface area contributed by atoms with E-state index < -0.39 is 0 Å². The lowest BCUT2D eigenvalue weighted by Gasteiger charge is -2.14. The van der Waals surface area contributed by atoms with Gasteiger partial charge in [0.15, 0.2) is 5.82 Å². The molecule has 1 atom stereocenters. The average Bonchev–Trinajstić information content (AvgIpc) is 2.89. The molecule has 0 saturated carbocycles. The van der Waals surface area contributed by atoms with Gasteiger partial charge in [0.25, 0.3) is 0 Å². The Hall–Kier alpha value is -1.79. The third kappa shape index (κ3) is 4.61. The number of hydrogen-bond donors (Lipinski definition) is 1. The van der Waals surface area contributed by atoms with Crippen molar-refractivity contribution >= 4 is 0 Å². The molecule has 1 heterocycles. The number of likely N-dealkylation sites (N-methyl/N-ethyl adjacent to an activating group) is 1. The molecule has 0 fully saturated rings. The smallest absolute Gasteiger partial charge is 0.228 e. The van der Waals surface area contributed by atoms with Gasteiger partial charge in [-0.3, -0.25) is 0 Å². The van der Waals surface area contributed by atoms with E-state index in [2.05, 4.69) is 15.5 Å². The van der Waals surface area contributed by atoms with Gasteiger partial charge in [-0.15, -0.1) is 0 Å². The first-order valence-corrected chi connectivity index (χ1v) is 7.00. The summed E-state index contributed by atoms with van der Waals surface area (Å²) in [6, 6.07) is 6.72. The molecule has 0 radical (unpaired) electrons. The van der Waals surface area contributed by atoms with Crippen LogP contribution in [0.1, 0.15) is 24.2 Å². The molecule has 114 valence electrons. The number of halogens is 1. The van der Waals surface area contributed by atoms with Gasteiger partial charge in [0, 0.05) is 26.0 Å². The number of ether oxygens (including phenoxy) is 1. The van der Waals surface area contributed by atoms with Crippen LogP contribution in [-0.4, -0.2) is 36.4 Å². The second-order valence-corrected chi connectivity index (χ2v) is 4.79. The van der Waals surface area contributed by atoms with Crippen molar-refractivity contribution in [3.05, 3.63) is 47.4 Å². The molecular weight excluding hydrogens is 273 g/mol. The predicted molar refractivity (Wildman–Crippen MR) is 76.5 cm³/mol. The fraction of sp³-hybridized carbons (Fsp3) is 0.467. The maximum atomic E-state index is 13.6. The van der Waals surface area contributed by atoms with Crippen molar-refractivity contribution in [3.63, 3.8) is 0 Å². The van der Waals surface area contributed by atoms with Gasteiger partial charge in [-0.2, -0.15) is 4.98 Å². The Balaban J connectivity index is 1.99. The van der Waals surface area contributed by atoms with E-state index in [1.807, 2.05) is 6.92 Å². The van der Waals surface area contributed by atoms with E-state index in [-0.39, 0.29) is 11.9 Å². The summed E-state index contributed by atoms with van der Waals surface area (Å²) in [5.74, 6) is 0.765. The van der Waals surface area contributed by atoms with E-state index in [0.29, 0.717) is 36.7 Å². The Morgan fingerprint density at radius 1 is 1.38 bits per heavy atom. The van der Waals surface area contributed by atoms with Crippen LogP contribution in [0, 0.1) is 5.82 Å². The topological polar surface area (TPSA) is 60.2 Å². The van der Waals surface area contributed by atoms with Crippen LogP contribution in [0.4, 0.5) is 4.39 Å². The highest BCUT2D eigenvalue weighted by Gasteiger charge is 2.14. The summed E-state index contributed by atoms with van der Waals surface area (Å²) < 4.78 is 23.9. The lowest BCUT2D eigenvalue weighted by Crippen LogP contribution is -2.35. The molecule has 1 aromatic heterocycles. The molecule has 2 rings (SSSR count).